The van der Waals surface area contributed by atoms with Crippen LogP contribution in [0.25, 0.3) is 0 Å². The van der Waals surface area contributed by atoms with E-state index in [-0.39, 0.29) is 11.6 Å². The fraction of sp³-hybridized carbons (Fsp3) is 0.118. The van der Waals surface area contributed by atoms with Crippen molar-refractivity contribution in [3.8, 4) is 5.75 Å². The molecule has 114 valence electrons. The Hall–Kier alpha value is -2.82. The van der Waals surface area contributed by atoms with Crippen LogP contribution in [-0.2, 0) is 0 Å². The summed E-state index contributed by atoms with van der Waals surface area (Å²) in [5.41, 5.74) is 7.79. The number of halogens is 1. The highest BCUT2D eigenvalue weighted by atomic mass is 19.1. The van der Waals surface area contributed by atoms with E-state index in [0.29, 0.717) is 11.5 Å². The topological polar surface area (TPSA) is 50.8 Å². The average molecular weight is 299 g/mol. The van der Waals surface area contributed by atoms with Gasteiger partial charge < -0.3 is 15.4 Å². The molecular formula is C17H18FN3O. The minimum Gasteiger partial charge on any atom is -0.452 e. The Labute approximate surface area is 129 Å². The summed E-state index contributed by atoms with van der Waals surface area (Å²) in [6.45, 7) is 9.41. The van der Waals surface area contributed by atoms with Gasteiger partial charge in [0, 0.05) is 24.5 Å². The van der Waals surface area contributed by atoms with Gasteiger partial charge in [-0.2, -0.15) is 0 Å². The third-order valence-corrected chi connectivity index (χ3v) is 3.32. The van der Waals surface area contributed by atoms with Gasteiger partial charge in [-0.25, -0.2) is 9.38 Å². The maximum atomic E-state index is 13.7. The molecule has 0 aromatic heterocycles. The van der Waals surface area contributed by atoms with Crippen LogP contribution < -0.4 is 10.5 Å². The van der Waals surface area contributed by atoms with Crippen molar-refractivity contribution >= 4 is 6.21 Å². The molecule has 1 aromatic carbocycles. The number of rotatable bonds is 4. The van der Waals surface area contributed by atoms with E-state index in [1.165, 1.54) is 6.07 Å². The van der Waals surface area contributed by atoms with Crippen molar-refractivity contribution in [2.75, 3.05) is 7.05 Å². The van der Waals surface area contributed by atoms with E-state index in [9.17, 15) is 4.39 Å². The predicted octanol–water partition coefficient (Wildman–Crippen LogP) is 3.32. The molecule has 0 spiro atoms. The zero-order valence-corrected chi connectivity index (χ0v) is 12.6. The molecule has 0 radical (unpaired) electrons. The third-order valence-electron chi connectivity index (χ3n) is 3.32. The molecule has 5 heteroatoms. The predicted molar refractivity (Wildman–Crippen MR) is 86.5 cm³/mol. The first-order chi connectivity index (χ1) is 10.4. The van der Waals surface area contributed by atoms with E-state index in [2.05, 4.69) is 18.2 Å². The maximum Gasteiger partial charge on any atom is 0.165 e. The highest BCUT2D eigenvalue weighted by molar-refractivity contribution is 5.85. The Kier molecular flexibility index (Phi) is 4.46. The second-order valence-electron chi connectivity index (χ2n) is 4.84. The van der Waals surface area contributed by atoms with Gasteiger partial charge in [0.15, 0.2) is 17.3 Å². The minimum absolute atomic E-state index is 0.141. The fourth-order valence-electron chi connectivity index (χ4n) is 1.91. The van der Waals surface area contributed by atoms with Gasteiger partial charge in [-0.05, 0) is 25.1 Å². The lowest BCUT2D eigenvalue weighted by molar-refractivity contribution is 0.367. The zero-order valence-electron chi connectivity index (χ0n) is 12.6. The minimum atomic E-state index is -0.435. The van der Waals surface area contributed by atoms with Crippen LogP contribution in [0.2, 0.25) is 0 Å². The number of hydrogen-bond donors (Lipinski definition) is 1. The number of allylic oxidation sites excluding steroid dienone is 3. The summed E-state index contributed by atoms with van der Waals surface area (Å²) in [6, 6.07) is 6.21. The van der Waals surface area contributed by atoms with E-state index in [1.807, 2.05) is 18.9 Å². The van der Waals surface area contributed by atoms with Crippen LogP contribution in [0, 0.1) is 5.82 Å². The van der Waals surface area contributed by atoms with Crippen molar-refractivity contribution in [2.45, 2.75) is 6.92 Å². The molecule has 0 amide bonds. The normalized spacial score (nSPS) is 15.3. The van der Waals surface area contributed by atoms with Gasteiger partial charge >= 0.3 is 0 Å². The summed E-state index contributed by atoms with van der Waals surface area (Å²) in [4.78, 5) is 5.83. The standard InChI is InChI=1S/C17H18FN3O/c1-11-14(10-20-13(3)19)9-17(12(2)21(11)4)22-16-8-6-5-7-15(16)18/h5-10H,2-3,19H2,1,4H3/b20-10-. The molecule has 0 unspecified atom stereocenters. The van der Waals surface area contributed by atoms with Crippen LogP contribution in [0.15, 0.2) is 77.0 Å². The van der Waals surface area contributed by atoms with Crippen LogP contribution >= 0.6 is 0 Å². The second-order valence-corrected chi connectivity index (χ2v) is 4.84. The lowest BCUT2D eigenvalue weighted by Crippen LogP contribution is -2.23. The van der Waals surface area contributed by atoms with Crippen molar-refractivity contribution in [2.24, 2.45) is 10.7 Å². The van der Waals surface area contributed by atoms with E-state index >= 15 is 0 Å². The Morgan fingerprint density at radius 2 is 2.09 bits per heavy atom. The smallest absolute Gasteiger partial charge is 0.165 e. The maximum absolute atomic E-state index is 13.7. The summed E-state index contributed by atoms with van der Waals surface area (Å²) < 4.78 is 19.4. The van der Waals surface area contributed by atoms with E-state index in [0.717, 1.165) is 11.3 Å². The lowest BCUT2D eigenvalue weighted by Gasteiger charge is -2.29. The molecule has 2 rings (SSSR count). The van der Waals surface area contributed by atoms with Crippen molar-refractivity contribution < 1.29 is 9.13 Å². The summed E-state index contributed by atoms with van der Waals surface area (Å²) in [6.07, 6.45) is 3.34. The first-order valence-electron chi connectivity index (χ1n) is 6.66. The van der Waals surface area contributed by atoms with Crippen LogP contribution in [0.3, 0.4) is 0 Å². The summed E-state index contributed by atoms with van der Waals surface area (Å²) in [7, 11) is 1.85. The Morgan fingerprint density at radius 3 is 2.73 bits per heavy atom. The Morgan fingerprint density at radius 1 is 1.41 bits per heavy atom. The molecule has 1 aromatic rings. The molecule has 2 N–H and O–H groups in total. The monoisotopic (exact) mass is 299 g/mol. The third kappa shape index (κ3) is 3.25. The van der Waals surface area contributed by atoms with Crippen molar-refractivity contribution in [1.29, 1.82) is 0 Å². The molecule has 0 saturated carbocycles. The number of para-hydroxylation sites is 1. The molecule has 4 nitrogen and oxygen atoms in total. The Bertz CT molecular complexity index is 716. The van der Waals surface area contributed by atoms with Gasteiger partial charge in [0.1, 0.15) is 5.82 Å². The number of nitrogens with two attached hydrogens (primary N) is 1. The molecule has 22 heavy (non-hydrogen) atoms. The lowest BCUT2D eigenvalue weighted by atomic mass is 10.1. The van der Waals surface area contributed by atoms with Crippen molar-refractivity contribution in [3.63, 3.8) is 0 Å². The molecule has 0 fully saturated rings. The number of nitrogens with zero attached hydrogens (tertiary/aromatic N) is 2. The zero-order chi connectivity index (χ0) is 16.3. The number of aliphatic imine (C=N–C) groups is 1. The molecule has 0 saturated heterocycles. The second kappa shape index (κ2) is 6.30. The van der Waals surface area contributed by atoms with Crippen LogP contribution in [0.1, 0.15) is 6.92 Å². The molecule has 1 aliphatic heterocycles. The quantitative estimate of drug-likeness (QED) is 0.868. The van der Waals surface area contributed by atoms with E-state index in [1.54, 1.807) is 30.5 Å². The van der Waals surface area contributed by atoms with Gasteiger partial charge in [0.25, 0.3) is 0 Å². The number of hydrogen-bond acceptors (Lipinski definition) is 4. The molecule has 1 aliphatic rings. The SMILES string of the molecule is C=C(N)/N=C\C1=C(C)N(C)C(=C)C(Oc2ccccc2F)=C1. The first kappa shape index (κ1) is 15.6. The molecule has 0 aliphatic carbocycles. The van der Waals surface area contributed by atoms with Gasteiger partial charge in [-0.1, -0.05) is 25.3 Å². The van der Waals surface area contributed by atoms with Crippen LogP contribution in [-0.4, -0.2) is 18.2 Å². The first-order valence-corrected chi connectivity index (χ1v) is 6.66. The van der Waals surface area contributed by atoms with Crippen molar-refractivity contribution in [1.82, 2.24) is 4.90 Å². The molecule has 0 atom stereocenters. The van der Waals surface area contributed by atoms with Crippen LogP contribution in [0.4, 0.5) is 4.39 Å². The summed E-state index contributed by atoms with van der Waals surface area (Å²) in [5, 5.41) is 0. The van der Waals surface area contributed by atoms with Crippen molar-refractivity contribution in [3.05, 3.63) is 77.9 Å². The van der Waals surface area contributed by atoms with Gasteiger partial charge in [-0.15, -0.1) is 0 Å². The van der Waals surface area contributed by atoms with Gasteiger partial charge in [0.05, 0.1) is 5.70 Å². The van der Waals surface area contributed by atoms with Gasteiger partial charge in [-0.3, -0.25) is 0 Å². The summed E-state index contributed by atoms with van der Waals surface area (Å²) in [5.74, 6) is 0.359. The largest absolute Gasteiger partial charge is 0.452 e. The van der Waals surface area contributed by atoms with Crippen LogP contribution in [0.5, 0.6) is 5.75 Å². The average Bonchev–Trinajstić information content (AvgIpc) is 2.48. The Balaban J connectivity index is 2.37. The molecule has 1 heterocycles. The van der Waals surface area contributed by atoms with Gasteiger partial charge in [0.2, 0.25) is 0 Å². The highest BCUT2D eigenvalue weighted by Crippen LogP contribution is 2.29. The molecule has 0 bridgehead atoms. The number of likely N-dealkylation sites (N-methyl/N-ethyl adjacent to an activating group) is 1. The summed E-state index contributed by atoms with van der Waals surface area (Å²) >= 11 is 0. The molecular weight excluding hydrogens is 281 g/mol. The highest BCUT2D eigenvalue weighted by Gasteiger charge is 2.20. The number of benzene rings is 1. The fourth-order valence-corrected chi connectivity index (χ4v) is 1.91. The number of ether oxygens (including phenoxy) is 1. The van der Waals surface area contributed by atoms with E-state index in [4.69, 9.17) is 10.5 Å². The van der Waals surface area contributed by atoms with E-state index < -0.39 is 5.82 Å².